The van der Waals surface area contributed by atoms with Crippen molar-refractivity contribution in [2.75, 3.05) is 56.7 Å². The van der Waals surface area contributed by atoms with Crippen molar-refractivity contribution < 1.29 is 14.2 Å². The number of anilines is 3. The fourth-order valence-corrected chi connectivity index (χ4v) is 4.73. The molecule has 0 fully saturated rings. The second kappa shape index (κ2) is 9.87. The standard InChI is InChI=1S/C26H32N6O3/c1-31-24-23-22(30-31)10-12-32(16-17-5-7-19(33-2)8-6-17)25(23)29-26(28-24)27-11-9-18-13-20(34-3)15-21(14-18)35-4/h5-8,13-15,22,30H,9-12,16H2,1-4H3,(H,27,28,29). The molecule has 1 atom stereocenters. The number of ether oxygens (including phenoxy) is 3. The molecule has 0 radical (unpaired) electrons. The third-order valence-electron chi connectivity index (χ3n) is 6.55. The predicted molar refractivity (Wildman–Crippen MR) is 137 cm³/mol. The lowest BCUT2D eigenvalue weighted by atomic mass is 10.0. The summed E-state index contributed by atoms with van der Waals surface area (Å²) in [5.74, 6) is 4.98. The van der Waals surface area contributed by atoms with Gasteiger partial charge in [-0.15, -0.1) is 0 Å². The normalized spacial score (nSPS) is 16.2. The van der Waals surface area contributed by atoms with Crippen molar-refractivity contribution in [2.24, 2.45) is 0 Å². The topological polar surface area (TPSA) is 84.0 Å². The van der Waals surface area contributed by atoms with E-state index in [1.807, 2.05) is 42.4 Å². The van der Waals surface area contributed by atoms with Gasteiger partial charge >= 0.3 is 0 Å². The summed E-state index contributed by atoms with van der Waals surface area (Å²) in [7, 11) is 7.03. The molecule has 0 spiro atoms. The minimum absolute atomic E-state index is 0.246. The largest absolute Gasteiger partial charge is 0.497 e. The zero-order chi connectivity index (χ0) is 24.4. The highest BCUT2D eigenvalue weighted by Gasteiger charge is 2.37. The van der Waals surface area contributed by atoms with Crippen LogP contribution in [0.5, 0.6) is 17.2 Å². The van der Waals surface area contributed by atoms with E-state index in [1.165, 1.54) is 11.1 Å². The molecule has 2 aliphatic heterocycles. The molecule has 0 bridgehead atoms. The van der Waals surface area contributed by atoms with Gasteiger partial charge in [-0.05, 0) is 48.2 Å². The fraction of sp³-hybridized carbons (Fsp3) is 0.385. The van der Waals surface area contributed by atoms with Crippen LogP contribution >= 0.6 is 0 Å². The first-order valence-electron chi connectivity index (χ1n) is 11.8. The summed E-state index contributed by atoms with van der Waals surface area (Å²) >= 11 is 0. The first-order valence-corrected chi connectivity index (χ1v) is 11.8. The van der Waals surface area contributed by atoms with Crippen molar-refractivity contribution in [1.82, 2.24) is 15.4 Å². The molecular formula is C26H32N6O3. The monoisotopic (exact) mass is 476 g/mol. The molecule has 184 valence electrons. The number of hydrogen-bond acceptors (Lipinski definition) is 9. The van der Waals surface area contributed by atoms with Gasteiger partial charge in [-0.25, -0.2) is 5.43 Å². The maximum atomic E-state index is 5.39. The van der Waals surface area contributed by atoms with Gasteiger partial charge < -0.3 is 24.4 Å². The van der Waals surface area contributed by atoms with Gasteiger partial charge in [0.2, 0.25) is 5.95 Å². The lowest BCUT2D eigenvalue weighted by molar-refractivity contribution is 0.393. The minimum atomic E-state index is 0.246. The third-order valence-corrected chi connectivity index (χ3v) is 6.55. The van der Waals surface area contributed by atoms with Crippen LogP contribution in [0.2, 0.25) is 0 Å². The van der Waals surface area contributed by atoms with Gasteiger partial charge in [0.25, 0.3) is 0 Å². The summed E-state index contributed by atoms with van der Waals surface area (Å²) < 4.78 is 16.1. The molecule has 9 nitrogen and oxygen atoms in total. The van der Waals surface area contributed by atoms with Gasteiger partial charge in [-0.3, -0.25) is 5.01 Å². The fourth-order valence-electron chi connectivity index (χ4n) is 4.73. The molecule has 3 aromatic rings. The van der Waals surface area contributed by atoms with Crippen molar-refractivity contribution in [1.29, 1.82) is 0 Å². The molecule has 0 saturated carbocycles. The first-order chi connectivity index (χ1) is 17.1. The van der Waals surface area contributed by atoms with E-state index < -0.39 is 0 Å². The first kappa shape index (κ1) is 23.0. The van der Waals surface area contributed by atoms with Crippen molar-refractivity contribution in [3.63, 3.8) is 0 Å². The second-order valence-electron chi connectivity index (χ2n) is 8.80. The van der Waals surface area contributed by atoms with Gasteiger partial charge in [-0.1, -0.05) is 12.1 Å². The van der Waals surface area contributed by atoms with Gasteiger partial charge in [0.1, 0.15) is 23.1 Å². The summed E-state index contributed by atoms with van der Waals surface area (Å²) in [5.41, 5.74) is 7.04. The van der Waals surface area contributed by atoms with Crippen LogP contribution < -0.4 is 34.9 Å². The Hall–Kier alpha value is -3.72. The van der Waals surface area contributed by atoms with Gasteiger partial charge in [0.05, 0.1) is 32.9 Å². The Kier molecular flexibility index (Phi) is 6.50. The average molecular weight is 477 g/mol. The Morgan fingerprint density at radius 1 is 0.914 bits per heavy atom. The summed E-state index contributed by atoms with van der Waals surface area (Å²) in [5, 5.41) is 5.44. The molecule has 35 heavy (non-hydrogen) atoms. The van der Waals surface area contributed by atoms with E-state index in [2.05, 4.69) is 27.8 Å². The van der Waals surface area contributed by atoms with Crippen molar-refractivity contribution >= 4 is 17.6 Å². The van der Waals surface area contributed by atoms with Crippen LogP contribution in [0.3, 0.4) is 0 Å². The number of methoxy groups -OCH3 is 3. The smallest absolute Gasteiger partial charge is 0.226 e. The van der Waals surface area contributed by atoms with Crippen molar-refractivity contribution in [3.8, 4) is 17.2 Å². The number of hydrazine groups is 1. The highest BCUT2D eigenvalue weighted by atomic mass is 16.5. The SMILES string of the molecule is COc1ccc(CN2CCC3NN(C)c4nc(NCCc5cc(OC)cc(OC)c5)nc2c43)cc1. The lowest BCUT2D eigenvalue weighted by Gasteiger charge is -2.32. The number of aromatic nitrogens is 2. The van der Waals surface area contributed by atoms with E-state index >= 15 is 0 Å². The molecule has 3 heterocycles. The second-order valence-corrected chi connectivity index (χ2v) is 8.80. The zero-order valence-electron chi connectivity index (χ0n) is 20.7. The number of rotatable bonds is 9. The van der Waals surface area contributed by atoms with Crippen molar-refractivity contribution in [3.05, 3.63) is 59.2 Å². The average Bonchev–Trinajstić information content (AvgIpc) is 3.21. The van der Waals surface area contributed by atoms with Crippen LogP contribution in [-0.4, -0.2) is 51.4 Å². The zero-order valence-corrected chi connectivity index (χ0v) is 20.7. The Labute approximate surface area is 206 Å². The molecule has 1 unspecified atom stereocenters. The van der Waals surface area contributed by atoms with E-state index in [4.69, 9.17) is 24.2 Å². The summed E-state index contributed by atoms with van der Waals surface area (Å²) in [6.07, 6.45) is 1.80. The summed E-state index contributed by atoms with van der Waals surface area (Å²) in [6.45, 7) is 2.39. The van der Waals surface area contributed by atoms with Gasteiger partial charge in [0, 0.05) is 32.7 Å². The Bertz CT molecular complexity index is 1160. The maximum Gasteiger partial charge on any atom is 0.226 e. The van der Waals surface area contributed by atoms with Gasteiger partial charge in [-0.2, -0.15) is 9.97 Å². The Morgan fingerprint density at radius 2 is 1.60 bits per heavy atom. The summed E-state index contributed by atoms with van der Waals surface area (Å²) in [4.78, 5) is 12.2. The molecule has 0 aliphatic carbocycles. The molecular weight excluding hydrogens is 444 g/mol. The van der Waals surface area contributed by atoms with Crippen LogP contribution in [0.25, 0.3) is 0 Å². The highest BCUT2D eigenvalue weighted by Crippen LogP contribution is 2.43. The molecule has 1 aromatic heterocycles. The molecule has 0 amide bonds. The predicted octanol–water partition coefficient (Wildman–Crippen LogP) is 3.56. The van der Waals surface area contributed by atoms with E-state index in [1.54, 1.807) is 21.3 Å². The molecule has 0 saturated heterocycles. The lowest BCUT2D eigenvalue weighted by Crippen LogP contribution is -2.36. The number of hydrogen-bond donors (Lipinski definition) is 2. The van der Waals surface area contributed by atoms with Crippen LogP contribution in [0, 0.1) is 0 Å². The van der Waals surface area contributed by atoms with E-state index in [0.717, 1.165) is 60.4 Å². The van der Waals surface area contributed by atoms with E-state index in [0.29, 0.717) is 12.5 Å². The Balaban J connectivity index is 1.35. The third kappa shape index (κ3) is 4.77. The van der Waals surface area contributed by atoms with Crippen LogP contribution in [-0.2, 0) is 13.0 Å². The molecule has 2 aromatic carbocycles. The quantitative estimate of drug-likeness (QED) is 0.482. The maximum absolute atomic E-state index is 5.39. The highest BCUT2D eigenvalue weighted by molar-refractivity contribution is 5.68. The van der Waals surface area contributed by atoms with Crippen molar-refractivity contribution in [2.45, 2.75) is 25.4 Å². The van der Waals surface area contributed by atoms with Crippen LogP contribution in [0.4, 0.5) is 17.6 Å². The number of benzene rings is 2. The molecule has 2 aliphatic rings. The minimum Gasteiger partial charge on any atom is -0.497 e. The molecule has 2 N–H and O–H groups in total. The van der Waals surface area contributed by atoms with Crippen LogP contribution in [0.15, 0.2) is 42.5 Å². The summed E-state index contributed by atoms with van der Waals surface area (Å²) in [6, 6.07) is 14.4. The van der Waals surface area contributed by atoms with Gasteiger partial charge in [0.15, 0.2) is 5.82 Å². The Morgan fingerprint density at radius 3 is 2.29 bits per heavy atom. The number of nitrogens with zero attached hydrogens (tertiary/aromatic N) is 4. The van der Waals surface area contributed by atoms with E-state index in [9.17, 15) is 0 Å². The number of nitrogens with one attached hydrogen (secondary N) is 2. The molecule has 9 heteroatoms. The van der Waals surface area contributed by atoms with Crippen LogP contribution in [0.1, 0.15) is 29.2 Å². The van der Waals surface area contributed by atoms with E-state index in [-0.39, 0.29) is 6.04 Å². The molecule has 5 rings (SSSR count).